The molecule has 1 N–H and O–H groups in total. The summed E-state index contributed by atoms with van der Waals surface area (Å²) in [4.78, 5) is 10.9. The molecule has 0 saturated heterocycles. The van der Waals surface area contributed by atoms with Gasteiger partial charge in [-0.05, 0) is 37.8 Å². The van der Waals surface area contributed by atoms with Crippen molar-refractivity contribution in [3.8, 4) is 11.5 Å². The summed E-state index contributed by atoms with van der Waals surface area (Å²) in [5, 5.41) is 8.90. The molecule has 1 atom stereocenters. The van der Waals surface area contributed by atoms with Gasteiger partial charge in [0, 0.05) is 6.07 Å². The van der Waals surface area contributed by atoms with Crippen LogP contribution in [0.15, 0.2) is 12.1 Å². The first-order valence-electron chi connectivity index (χ1n) is 6.84. The third-order valence-electron chi connectivity index (χ3n) is 3.02. The minimum Gasteiger partial charge on any atom is -0.490 e. The molecule has 0 spiro atoms. The number of aliphatic carboxylic acids is 1. The van der Waals surface area contributed by atoms with Crippen LogP contribution in [0.25, 0.3) is 0 Å². The van der Waals surface area contributed by atoms with E-state index in [9.17, 15) is 9.18 Å². The second kappa shape index (κ2) is 7.72. The predicted octanol–water partition coefficient (Wildman–Crippen LogP) is 3.59. The number of hydrogen-bond acceptors (Lipinski definition) is 3. The molecule has 1 rings (SSSR count). The van der Waals surface area contributed by atoms with Crippen LogP contribution in [0.3, 0.4) is 0 Å². The van der Waals surface area contributed by atoms with Crippen LogP contribution in [0, 0.1) is 5.82 Å². The number of rotatable bonds is 8. The number of benzene rings is 1. The first-order valence-corrected chi connectivity index (χ1v) is 6.84. The highest BCUT2D eigenvalue weighted by molar-refractivity contribution is 5.68. The maximum absolute atomic E-state index is 14.2. The van der Waals surface area contributed by atoms with Crippen molar-refractivity contribution >= 4 is 5.97 Å². The minimum atomic E-state index is -0.942. The molecule has 112 valence electrons. The van der Waals surface area contributed by atoms with Crippen molar-refractivity contribution in [2.45, 2.75) is 39.5 Å². The second-order valence-corrected chi connectivity index (χ2v) is 4.39. The average Bonchev–Trinajstić information content (AvgIpc) is 2.39. The Balaban J connectivity index is 3.18. The van der Waals surface area contributed by atoms with Gasteiger partial charge in [-0.1, -0.05) is 6.92 Å². The van der Waals surface area contributed by atoms with Crippen LogP contribution in [0.1, 0.15) is 45.1 Å². The lowest BCUT2D eigenvalue weighted by Gasteiger charge is -2.18. The Labute approximate surface area is 118 Å². The highest BCUT2D eigenvalue weighted by Gasteiger charge is 2.20. The molecule has 1 unspecified atom stereocenters. The highest BCUT2D eigenvalue weighted by Crippen LogP contribution is 2.35. The van der Waals surface area contributed by atoms with Gasteiger partial charge in [-0.25, -0.2) is 4.39 Å². The Bertz CT molecular complexity index is 459. The summed E-state index contributed by atoms with van der Waals surface area (Å²) in [5.74, 6) is -0.967. The average molecular weight is 284 g/mol. The van der Waals surface area contributed by atoms with Gasteiger partial charge in [0.05, 0.1) is 19.6 Å². The van der Waals surface area contributed by atoms with Crippen molar-refractivity contribution in [3.05, 3.63) is 23.5 Å². The van der Waals surface area contributed by atoms with Crippen LogP contribution in [0.4, 0.5) is 4.39 Å². The Hall–Kier alpha value is -1.78. The summed E-state index contributed by atoms with van der Waals surface area (Å²) < 4.78 is 24.9. The molecular weight excluding hydrogens is 263 g/mol. The SMILES string of the molecule is CCOc1cc(F)c(C(CC)CC(=O)O)cc1OCC. The summed E-state index contributed by atoms with van der Waals surface area (Å²) in [6, 6.07) is 2.83. The van der Waals surface area contributed by atoms with Crippen LogP contribution in [-0.2, 0) is 4.79 Å². The molecule has 0 heterocycles. The second-order valence-electron chi connectivity index (χ2n) is 4.39. The maximum atomic E-state index is 14.2. The van der Waals surface area contributed by atoms with Crippen LogP contribution >= 0.6 is 0 Å². The molecule has 0 bridgehead atoms. The van der Waals surface area contributed by atoms with Crippen molar-refractivity contribution in [2.24, 2.45) is 0 Å². The van der Waals surface area contributed by atoms with Gasteiger partial charge < -0.3 is 14.6 Å². The normalized spacial score (nSPS) is 12.0. The molecule has 0 aliphatic carbocycles. The number of ether oxygens (including phenoxy) is 2. The van der Waals surface area contributed by atoms with Crippen LogP contribution in [0.5, 0.6) is 11.5 Å². The quantitative estimate of drug-likeness (QED) is 0.792. The Morgan fingerprint density at radius 2 is 1.75 bits per heavy atom. The van der Waals surface area contributed by atoms with E-state index in [2.05, 4.69) is 0 Å². The third kappa shape index (κ3) is 4.11. The minimum absolute atomic E-state index is 0.104. The lowest BCUT2D eigenvalue weighted by Crippen LogP contribution is -2.09. The van der Waals surface area contributed by atoms with E-state index < -0.39 is 11.8 Å². The first kappa shape index (κ1) is 16.3. The zero-order chi connectivity index (χ0) is 15.1. The van der Waals surface area contributed by atoms with Crippen molar-refractivity contribution < 1.29 is 23.8 Å². The zero-order valence-corrected chi connectivity index (χ0v) is 12.1. The maximum Gasteiger partial charge on any atom is 0.303 e. The summed E-state index contributed by atoms with van der Waals surface area (Å²) in [6.45, 7) is 6.31. The van der Waals surface area contributed by atoms with E-state index in [1.165, 1.54) is 6.07 Å². The molecule has 5 heteroatoms. The Morgan fingerprint density at radius 3 is 2.20 bits per heavy atom. The summed E-state index contributed by atoms with van der Waals surface area (Å²) in [7, 11) is 0. The molecule has 1 aromatic carbocycles. The van der Waals surface area contributed by atoms with Crippen LogP contribution in [-0.4, -0.2) is 24.3 Å². The molecular formula is C15H21FO4. The lowest BCUT2D eigenvalue weighted by atomic mass is 9.92. The van der Waals surface area contributed by atoms with Crippen LogP contribution < -0.4 is 9.47 Å². The van der Waals surface area contributed by atoms with E-state index in [1.807, 2.05) is 13.8 Å². The monoisotopic (exact) mass is 284 g/mol. The molecule has 0 aliphatic rings. The highest BCUT2D eigenvalue weighted by atomic mass is 19.1. The number of carboxylic acid groups (broad SMARTS) is 1. The molecule has 0 aliphatic heterocycles. The largest absolute Gasteiger partial charge is 0.490 e. The van der Waals surface area contributed by atoms with Gasteiger partial charge in [-0.2, -0.15) is 0 Å². The Morgan fingerprint density at radius 1 is 1.20 bits per heavy atom. The van der Waals surface area contributed by atoms with E-state index >= 15 is 0 Å². The van der Waals surface area contributed by atoms with Crippen molar-refractivity contribution in [1.29, 1.82) is 0 Å². The van der Waals surface area contributed by atoms with Gasteiger partial charge in [0.1, 0.15) is 5.82 Å². The third-order valence-corrected chi connectivity index (χ3v) is 3.02. The van der Waals surface area contributed by atoms with Crippen LogP contribution in [0.2, 0.25) is 0 Å². The standard InChI is InChI=1S/C15H21FO4/c1-4-10(7-15(17)18)11-8-13(19-5-2)14(20-6-3)9-12(11)16/h8-10H,4-7H2,1-3H3,(H,17,18). The summed E-state index contributed by atoms with van der Waals surface area (Å²) in [5.41, 5.74) is 0.363. The van der Waals surface area contributed by atoms with Crippen molar-refractivity contribution in [3.63, 3.8) is 0 Å². The topological polar surface area (TPSA) is 55.8 Å². The molecule has 0 aromatic heterocycles. The van der Waals surface area contributed by atoms with Gasteiger partial charge in [-0.3, -0.25) is 4.79 Å². The van der Waals surface area contributed by atoms with Gasteiger partial charge in [0.25, 0.3) is 0 Å². The van der Waals surface area contributed by atoms with Gasteiger partial charge in [0.15, 0.2) is 11.5 Å². The fraction of sp³-hybridized carbons (Fsp3) is 0.533. The number of halogens is 1. The fourth-order valence-corrected chi connectivity index (χ4v) is 2.09. The van der Waals surface area contributed by atoms with Gasteiger partial charge in [-0.15, -0.1) is 0 Å². The summed E-state index contributed by atoms with van der Waals surface area (Å²) >= 11 is 0. The lowest BCUT2D eigenvalue weighted by molar-refractivity contribution is -0.137. The van der Waals surface area contributed by atoms with Gasteiger partial charge in [0.2, 0.25) is 0 Å². The number of carbonyl (C=O) groups is 1. The number of hydrogen-bond donors (Lipinski definition) is 1. The molecule has 0 radical (unpaired) electrons. The smallest absolute Gasteiger partial charge is 0.303 e. The molecule has 1 aromatic rings. The zero-order valence-electron chi connectivity index (χ0n) is 12.1. The molecule has 0 amide bonds. The predicted molar refractivity (Wildman–Crippen MR) is 74.0 cm³/mol. The summed E-state index contributed by atoms with van der Waals surface area (Å²) in [6.07, 6.45) is 0.440. The van der Waals surface area contributed by atoms with Crippen molar-refractivity contribution in [1.82, 2.24) is 0 Å². The molecule has 0 fully saturated rings. The molecule has 0 saturated carbocycles. The van der Waals surface area contributed by atoms with E-state index in [1.54, 1.807) is 13.0 Å². The van der Waals surface area contributed by atoms with Gasteiger partial charge >= 0.3 is 5.97 Å². The first-order chi connectivity index (χ1) is 9.53. The van der Waals surface area contributed by atoms with E-state index in [4.69, 9.17) is 14.6 Å². The van der Waals surface area contributed by atoms with E-state index in [-0.39, 0.29) is 12.3 Å². The molecule has 4 nitrogen and oxygen atoms in total. The van der Waals surface area contributed by atoms with E-state index in [0.29, 0.717) is 36.7 Å². The fourth-order valence-electron chi connectivity index (χ4n) is 2.09. The van der Waals surface area contributed by atoms with E-state index in [0.717, 1.165) is 0 Å². The Kier molecular flexibility index (Phi) is 6.28. The molecule has 20 heavy (non-hydrogen) atoms. The van der Waals surface area contributed by atoms with Crippen molar-refractivity contribution in [2.75, 3.05) is 13.2 Å². The number of carboxylic acids is 1.